The van der Waals surface area contributed by atoms with Crippen molar-refractivity contribution < 1.29 is 9.22 Å². The van der Waals surface area contributed by atoms with Crippen molar-refractivity contribution in [3.05, 3.63) is 41.5 Å². The third-order valence-electron chi connectivity index (χ3n) is 7.00. The van der Waals surface area contributed by atoms with Gasteiger partial charge in [-0.05, 0) is 53.2 Å². The van der Waals surface area contributed by atoms with Gasteiger partial charge in [-0.2, -0.15) is 0 Å². The number of carbonyl (C=O) groups is 1. The van der Waals surface area contributed by atoms with Crippen LogP contribution in [0.15, 0.2) is 35.9 Å². The number of imidazole rings is 1. The summed E-state index contributed by atoms with van der Waals surface area (Å²) in [6, 6.07) is 6.04. The number of hydrogen-bond acceptors (Lipinski definition) is 4. The van der Waals surface area contributed by atoms with Crippen LogP contribution in [0.1, 0.15) is 66.9 Å². The van der Waals surface area contributed by atoms with Gasteiger partial charge in [0, 0.05) is 25.1 Å². The van der Waals surface area contributed by atoms with E-state index in [0.29, 0.717) is 29.0 Å². The molecule has 0 saturated carbocycles. The van der Waals surface area contributed by atoms with Gasteiger partial charge in [-0.25, -0.2) is 4.98 Å². The molecule has 0 spiro atoms. The molecule has 0 aliphatic heterocycles. The van der Waals surface area contributed by atoms with E-state index in [4.69, 9.17) is 10.2 Å². The summed E-state index contributed by atoms with van der Waals surface area (Å²) in [5, 5.41) is 0. The first kappa shape index (κ1) is 24.5. The maximum absolute atomic E-state index is 12.4. The topological polar surface area (TPSA) is 70.1 Å². The van der Waals surface area contributed by atoms with Gasteiger partial charge in [0.2, 0.25) is 5.95 Å². The number of aromatic nitrogens is 2. The molecule has 2 aromatic rings. The fourth-order valence-electron chi connectivity index (χ4n) is 5.65. The fraction of sp³-hybridized carbons (Fsp3) is 0.538. The number of Topliss-reactive ketones (excluding diaryl/α,β-unsaturated/α-hetero) is 1. The predicted octanol–water partition coefficient (Wildman–Crippen LogP) is 6.50. The summed E-state index contributed by atoms with van der Waals surface area (Å²) in [5.74, 6) is 0.666. The number of nitrogens with two attached hydrogens (primary N) is 1. The number of allylic oxidation sites excluding steroid dienone is 4. The van der Waals surface area contributed by atoms with E-state index in [2.05, 4.69) is 51.1 Å². The van der Waals surface area contributed by atoms with Crippen LogP contribution < -0.4 is 5.73 Å². The minimum Gasteiger partial charge on any atom is -0.416 e. The van der Waals surface area contributed by atoms with Gasteiger partial charge < -0.3 is 14.7 Å². The van der Waals surface area contributed by atoms with E-state index in [0.717, 1.165) is 47.3 Å². The van der Waals surface area contributed by atoms with E-state index in [1.54, 1.807) is 0 Å². The van der Waals surface area contributed by atoms with E-state index < -0.39 is 8.32 Å². The molecule has 3 rings (SSSR count). The van der Waals surface area contributed by atoms with Gasteiger partial charge in [-0.3, -0.25) is 4.79 Å². The summed E-state index contributed by atoms with van der Waals surface area (Å²) < 4.78 is 8.77. The van der Waals surface area contributed by atoms with Gasteiger partial charge in [0.15, 0.2) is 14.1 Å². The summed E-state index contributed by atoms with van der Waals surface area (Å²) >= 11 is 0. The van der Waals surface area contributed by atoms with Gasteiger partial charge in [0.25, 0.3) is 0 Å². The predicted molar refractivity (Wildman–Crippen MR) is 137 cm³/mol. The Hall–Kier alpha value is -2.18. The van der Waals surface area contributed by atoms with Crippen molar-refractivity contribution in [2.75, 3.05) is 12.3 Å². The molecule has 174 valence electrons. The lowest BCUT2D eigenvalue weighted by Gasteiger charge is -2.42. The molecule has 5 nitrogen and oxygen atoms in total. The minimum atomic E-state index is -1.86. The van der Waals surface area contributed by atoms with Gasteiger partial charge >= 0.3 is 0 Å². The van der Waals surface area contributed by atoms with Crippen LogP contribution in [0.5, 0.6) is 0 Å². The number of fused-ring (bicyclic) bond motifs is 1. The van der Waals surface area contributed by atoms with Crippen molar-refractivity contribution in [2.45, 2.75) is 84.5 Å². The molecule has 0 atom stereocenters. The van der Waals surface area contributed by atoms with Crippen LogP contribution in [-0.2, 0) is 15.8 Å². The number of nitrogen functional groups attached to an aromatic ring is 1. The van der Waals surface area contributed by atoms with Crippen molar-refractivity contribution >= 4 is 36.7 Å². The van der Waals surface area contributed by atoms with Gasteiger partial charge in [-0.15, -0.1) is 0 Å². The molecule has 1 heterocycles. The Morgan fingerprint density at radius 3 is 2.38 bits per heavy atom. The number of aryl methyl sites for hydroxylation is 1. The van der Waals surface area contributed by atoms with E-state index in [1.165, 1.54) is 0 Å². The van der Waals surface area contributed by atoms with Gasteiger partial charge in [-0.1, -0.05) is 59.8 Å². The second-order valence-corrected chi connectivity index (χ2v) is 15.4. The summed E-state index contributed by atoms with van der Waals surface area (Å²) in [4.78, 5) is 17.0. The molecule has 0 radical (unpaired) electrons. The van der Waals surface area contributed by atoms with E-state index in [1.807, 2.05) is 37.3 Å². The third kappa shape index (κ3) is 4.48. The van der Waals surface area contributed by atoms with Crippen LogP contribution >= 0.6 is 0 Å². The quantitative estimate of drug-likeness (QED) is 0.347. The first-order valence-electron chi connectivity index (χ1n) is 11.9. The molecule has 0 unspecified atom stereocenters. The highest BCUT2D eigenvalue weighted by Gasteiger charge is 2.44. The molecular formula is C26H39N3O2Si. The summed E-state index contributed by atoms with van der Waals surface area (Å²) in [7, 11) is -1.86. The fourth-order valence-corrected chi connectivity index (χ4v) is 11.1. The normalized spacial score (nSPS) is 15.2. The minimum absolute atomic E-state index is 0.155. The van der Waals surface area contributed by atoms with Crippen LogP contribution in [0.2, 0.25) is 16.6 Å². The second kappa shape index (κ2) is 9.75. The molecule has 1 aromatic carbocycles. The summed E-state index contributed by atoms with van der Waals surface area (Å²) in [6.45, 7) is 17.4. The number of ketones is 1. The van der Waals surface area contributed by atoms with Crippen molar-refractivity contribution in [3.8, 4) is 0 Å². The molecule has 1 aliphatic rings. The number of nitrogens with zero attached hydrogens (tertiary/aromatic N) is 2. The average molecular weight is 454 g/mol. The molecule has 6 heteroatoms. The van der Waals surface area contributed by atoms with Crippen molar-refractivity contribution in [1.82, 2.24) is 9.55 Å². The second-order valence-electron chi connectivity index (χ2n) is 9.93. The lowest BCUT2D eigenvalue weighted by atomic mass is 9.91. The van der Waals surface area contributed by atoms with E-state index >= 15 is 0 Å². The third-order valence-corrected chi connectivity index (χ3v) is 13.1. The zero-order chi connectivity index (χ0) is 23.6. The standard InChI is InChI=1S/C26H39N3O2Si/c1-17(2)32(18(3)4,19(5)6)31-15-9-14-29-23-13-12-21(16-22(23)28-26(29)27)25-20(7)10-8-11-24(25)30/h8,10,12-13,16-19H,9,11,14-15H2,1-7H3,(H2,27,28). The Morgan fingerprint density at radius 2 is 1.78 bits per heavy atom. The highest BCUT2D eigenvalue weighted by atomic mass is 28.4. The smallest absolute Gasteiger partial charge is 0.201 e. The van der Waals surface area contributed by atoms with Crippen molar-refractivity contribution in [3.63, 3.8) is 0 Å². The average Bonchev–Trinajstić information content (AvgIpc) is 3.01. The maximum atomic E-state index is 12.4. The van der Waals surface area contributed by atoms with Gasteiger partial charge in [0.05, 0.1) is 11.0 Å². The Morgan fingerprint density at radius 1 is 1.12 bits per heavy atom. The summed E-state index contributed by atoms with van der Waals surface area (Å²) in [6.07, 6.45) is 5.29. The number of benzene rings is 1. The van der Waals surface area contributed by atoms with Crippen molar-refractivity contribution in [2.24, 2.45) is 0 Å². The Bertz CT molecular complexity index is 1020. The molecular weight excluding hydrogens is 414 g/mol. The molecule has 32 heavy (non-hydrogen) atoms. The molecule has 0 bridgehead atoms. The molecule has 0 fully saturated rings. The van der Waals surface area contributed by atoms with Crippen LogP contribution in [0.4, 0.5) is 5.95 Å². The molecule has 1 aliphatic carbocycles. The molecule has 0 amide bonds. The van der Waals surface area contributed by atoms with Crippen LogP contribution in [0.25, 0.3) is 16.6 Å². The Kier molecular flexibility index (Phi) is 7.45. The molecule has 2 N–H and O–H groups in total. The maximum Gasteiger partial charge on any atom is 0.201 e. The zero-order valence-corrected chi connectivity index (χ0v) is 21.7. The molecule has 0 saturated heterocycles. The first-order chi connectivity index (χ1) is 15.1. The SMILES string of the molecule is CC1=C(c2ccc3c(c2)nc(N)n3CCCO[Si](C(C)C)(C(C)C)C(C)C)C(=O)CC=C1. The highest BCUT2D eigenvalue weighted by Crippen LogP contribution is 2.42. The van der Waals surface area contributed by atoms with Gasteiger partial charge in [0.1, 0.15) is 0 Å². The van der Waals surface area contributed by atoms with Crippen molar-refractivity contribution in [1.29, 1.82) is 0 Å². The van der Waals surface area contributed by atoms with Crippen LogP contribution in [-0.4, -0.2) is 30.3 Å². The number of anilines is 1. The van der Waals surface area contributed by atoms with E-state index in [9.17, 15) is 4.79 Å². The monoisotopic (exact) mass is 453 g/mol. The Balaban J connectivity index is 1.77. The zero-order valence-electron chi connectivity index (χ0n) is 20.7. The van der Waals surface area contributed by atoms with Crippen LogP contribution in [0, 0.1) is 0 Å². The lowest BCUT2D eigenvalue weighted by molar-refractivity contribution is -0.113. The number of hydrogen-bond donors (Lipinski definition) is 1. The largest absolute Gasteiger partial charge is 0.416 e. The van der Waals surface area contributed by atoms with Crippen LogP contribution in [0.3, 0.4) is 0 Å². The first-order valence-corrected chi connectivity index (χ1v) is 14.0. The highest BCUT2D eigenvalue weighted by molar-refractivity contribution is 6.77. The number of carbonyl (C=O) groups excluding carboxylic acids is 1. The Labute approximate surface area is 193 Å². The molecule has 1 aromatic heterocycles. The lowest BCUT2D eigenvalue weighted by Crippen LogP contribution is -2.48. The van der Waals surface area contributed by atoms with E-state index in [-0.39, 0.29) is 5.78 Å². The summed E-state index contributed by atoms with van der Waals surface area (Å²) in [5.41, 5.74) is 12.6. The number of rotatable bonds is 9.